The second-order valence-corrected chi connectivity index (χ2v) is 5.07. The minimum absolute atomic E-state index is 0.0126. The van der Waals surface area contributed by atoms with E-state index in [4.69, 9.17) is 4.74 Å². The van der Waals surface area contributed by atoms with Gasteiger partial charge in [0, 0.05) is 18.7 Å². The molecule has 0 spiro atoms. The zero-order valence-electron chi connectivity index (χ0n) is 12.2. The van der Waals surface area contributed by atoms with Crippen molar-refractivity contribution in [1.29, 1.82) is 0 Å². The van der Waals surface area contributed by atoms with Crippen LogP contribution in [0.1, 0.15) is 12.0 Å². The molecular weight excluding hydrogens is 268 g/mol. The highest BCUT2D eigenvalue weighted by atomic mass is 16.5. The summed E-state index contributed by atoms with van der Waals surface area (Å²) in [5.41, 5.74) is 1.98. The van der Waals surface area contributed by atoms with Crippen molar-refractivity contribution >= 4 is 17.5 Å². The van der Waals surface area contributed by atoms with Crippen LogP contribution in [0.5, 0.6) is 0 Å². The Morgan fingerprint density at radius 1 is 1.48 bits per heavy atom. The maximum absolute atomic E-state index is 12.1. The highest BCUT2D eigenvalue weighted by Gasteiger charge is 2.34. The molecule has 1 saturated heterocycles. The van der Waals surface area contributed by atoms with E-state index in [1.165, 1.54) is 6.26 Å². The topological polar surface area (TPSA) is 58.6 Å². The molecule has 112 valence electrons. The van der Waals surface area contributed by atoms with Crippen molar-refractivity contribution < 1.29 is 14.3 Å². The summed E-state index contributed by atoms with van der Waals surface area (Å²) in [6.45, 7) is 6.66. The van der Waals surface area contributed by atoms with Crippen LogP contribution >= 0.6 is 0 Å². The Labute approximate surface area is 124 Å². The molecule has 0 aliphatic carbocycles. The van der Waals surface area contributed by atoms with E-state index in [0.29, 0.717) is 19.7 Å². The largest absolute Gasteiger partial charge is 0.500 e. The van der Waals surface area contributed by atoms with Crippen LogP contribution in [0.25, 0.3) is 0 Å². The van der Waals surface area contributed by atoms with Gasteiger partial charge in [-0.1, -0.05) is 24.3 Å². The Balaban J connectivity index is 1.91. The van der Waals surface area contributed by atoms with Crippen LogP contribution in [-0.4, -0.2) is 31.5 Å². The lowest BCUT2D eigenvalue weighted by Gasteiger charge is -2.17. The molecule has 1 N–H and O–H groups in total. The summed E-state index contributed by atoms with van der Waals surface area (Å²) in [7, 11) is 0. The van der Waals surface area contributed by atoms with Gasteiger partial charge in [-0.15, -0.1) is 0 Å². The predicted molar refractivity (Wildman–Crippen MR) is 80.8 cm³/mol. The average Bonchev–Trinajstić information content (AvgIpc) is 2.86. The molecule has 0 radical (unpaired) electrons. The molecule has 1 aromatic carbocycles. The van der Waals surface area contributed by atoms with Gasteiger partial charge < -0.3 is 15.0 Å². The van der Waals surface area contributed by atoms with Gasteiger partial charge in [-0.2, -0.15) is 0 Å². The van der Waals surface area contributed by atoms with E-state index in [9.17, 15) is 9.59 Å². The molecule has 1 fully saturated rings. The number of carbonyl (C=O) groups excluding carboxylic acids is 2. The van der Waals surface area contributed by atoms with Crippen molar-refractivity contribution in [3.8, 4) is 0 Å². The van der Waals surface area contributed by atoms with Crippen LogP contribution in [0.3, 0.4) is 0 Å². The lowest BCUT2D eigenvalue weighted by molar-refractivity contribution is -0.126. The van der Waals surface area contributed by atoms with Crippen LogP contribution in [0, 0.1) is 12.8 Å². The average molecular weight is 288 g/mol. The Kier molecular flexibility index (Phi) is 4.98. The quantitative estimate of drug-likeness (QED) is 0.639. The van der Waals surface area contributed by atoms with Crippen LogP contribution in [0.4, 0.5) is 5.69 Å². The minimum Gasteiger partial charge on any atom is -0.500 e. The van der Waals surface area contributed by atoms with Crippen molar-refractivity contribution in [1.82, 2.24) is 5.32 Å². The molecule has 0 saturated carbocycles. The second-order valence-electron chi connectivity index (χ2n) is 5.07. The van der Waals surface area contributed by atoms with E-state index in [-0.39, 0.29) is 24.2 Å². The maximum atomic E-state index is 12.1. The number of benzene rings is 1. The minimum atomic E-state index is -0.303. The van der Waals surface area contributed by atoms with Crippen molar-refractivity contribution in [2.45, 2.75) is 13.3 Å². The first-order valence-electron chi connectivity index (χ1n) is 6.99. The molecular formula is C16H20N2O3. The SMILES string of the molecule is C=COCCNC(=O)[C@H]1CC(=O)N(c2ccc(C)cc2)C1. The number of ether oxygens (including phenoxy) is 1. The summed E-state index contributed by atoms with van der Waals surface area (Å²) < 4.78 is 4.94. The van der Waals surface area contributed by atoms with Crippen molar-refractivity contribution in [2.24, 2.45) is 5.92 Å². The van der Waals surface area contributed by atoms with Crippen LogP contribution in [0.2, 0.25) is 0 Å². The number of carbonyl (C=O) groups is 2. The molecule has 0 bridgehead atoms. The molecule has 1 atom stereocenters. The zero-order chi connectivity index (χ0) is 15.2. The molecule has 5 heteroatoms. The summed E-state index contributed by atoms with van der Waals surface area (Å²) in [5.74, 6) is -0.422. The maximum Gasteiger partial charge on any atom is 0.227 e. The third-order valence-electron chi connectivity index (χ3n) is 3.48. The number of anilines is 1. The van der Waals surface area contributed by atoms with Gasteiger partial charge in [0.1, 0.15) is 6.61 Å². The fourth-order valence-corrected chi connectivity index (χ4v) is 2.32. The Morgan fingerprint density at radius 3 is 2.86 bits per heavy atom. The molecule has 2 rings (SSSR count). The fraction of sp³-hybridized carbons (Fsp3) is 0.375. The number of nitrogens with zero attached hydrogens (tertiary/aromatic N) is 1. The van der Waals surface area contributed by atoms with E-state index in [1.54, 1.807) is 4.90 Å². The first kappa shape index (κ1) is 15.1. The van der Waals surface area contributed by atoms with Crippen LogP contribution < -0.4 is 10.2 Å². The molecule has 0 aromatic heterocycles. The van der Waals surface area contributed by atoms with E-state index in [0.717, 1.165) is 11.3 Å². The molecule has 21 heavy (non-hydrogen) atoms. The molecule has 1 aromatic rings. The van der Waals surface area contributed by atoms with E-state index in [1.807, 2.05) is 31.2 Å². The molecule has 2 amide bonds. The number of nitrogens with one attached hydrogen (secondary N) is 1. The Hall–Kier alpha value is -2.30. The second kappa shape index (κ2) is 6.92. The highest BCUT2D eigenvalue weighted by molar-refractivity contribution is 6.00. The number of aryl methyl sites for hydroxylation is 1. The molecule has 1 aliphatic rings. The lowest BCUT2D eigenvalue weighted by Crippen LogP contribution is -2.34. The van der Waals surface area contributed by atoms with Crippen molar-refractivity contribution in [3.63, 3.8) is 0 Å². The summed E-state index contributed by atoms with van der Waals surface area (Å²) in [4.78, 5) is 25.7. The van der Waals surface area contributed by atoms with Gasteiger partial charge in [-0.05, 0) is 19.1 Å². The molecule has 1 aliphatic heterocycles. The molecule has 0 unspecified atom stereocenters. The van der Waals surface area contributed by atoms with Gasteiger partial charge in [0.2, 0.25) is 11.8 Å². The number of rotatable bonds is 6. The summed E-state index contributed by atoms with van der Waals surface area (Å²) in [5, 5.41) is 2.77. The van der Waals surface area contributed by atoms with Crippen molar-refractivity contribution in [2.75, 3.05) is 24.6 Å². The van der Waals surface area contributed by atoms with Gasteiger partial charge in [-0.25, -0.2) is 0 Å². The fourth-order valence-electron chi connectivity index (χ4n) is 2.32. The number of amides is 2. The van der Waals surface area contributed by atoms with Gasteiger partial charge in [0.05, 0.1) is 18.7 Å². The number of hydrogen-bond acceptors (Lipinski definition) is 3. The van der Waals surface area contributed by atoms with Crippen LogP contribution in [-0.2, 0) is 14.3 Å². The third-order valence-corrected chi connectivity index (χ3v) is 3.48. The standard InChI is InChI=1S/C16H20N2O3/c1-3-21-9-8-17-16(20)13-10-15(19)18(11-13)14-6-4-12(2)5-7-14/h3-7,13H,1,8-11H2,2H3,(H,17,20)/t13-/m0/s1. The Morgan fingerprint density at radius 2 is 2.19 bits per heavy atom. The smallest absolute Gasteiger partial charge is 0.227 e. The van der Waals surface area contributed by atoms with Gasteiger partial charge in [-0.3, -0.25) is 9.59 Å². The van der Waals surface area contributed by atoms with Crippen molar-refractivity contribution in [3.05, 3.63) is 42.7 Å². The molecule has 5 nitrogen and oxygen atoms in total. The third kappa shape index (κ3) is 3.84. The van der Waals surface area contributed by atoms with Gasteiger partial charge >= 0.3 is 0 Å². The van der Waals surface area contributed by atoms with E-state index < -0.39 is 0 Å². The first-order valence-corrected chi connectivity index (χ1v) is 6.99. The van der Waals surface area contributed by atoms with E-state index in [2.05, 4.69) is 11.9 Å². The molecule has 1 heterocycles. The first-order chi connectivity index (χ1) is 10.1. The summed E-state index contributed by atoms with van der Waals surface area (Å²) in [6, 6.07) is 7.74. The zero-order valence-corrected chi connectivity index (χ0v) is 12.2. The van der Waals surface area contributed by atoms with E-state index >= 15 is 0 Å². The van der Waals surface area contributed by atoms with Gasteiger partial charge in [0.25, 0.3) is 0 Å². The highest BCUT2D eigenvalue weighted by Crippen LogP contribution is 2.25. The van der Waals surface area contributed by atoms with Gasteiger partial charge in [0.15, 0.2) is 0 Å². The lowest BCUT2D eigenvalue weighted by atomic mass is 10.1. The summed E-state index contributed by atoms with van der Waals surface area (Å²) in [6.07, 6.45) is 1.59. The summed E-state index contributed by atoms with van der Waals surface area (Å²) >= 11 is 0. The Bertz CT molecular complexity index is 525. The normalized spacial score (nSPS) is 17.7. The predicted octanol–water partition coefficient (Wildman–Crippen LogP) is 1.62. The van der Waals surface area contributed by atoms with Crippen LogP contribution in [0.15, 0.2) is 37.1 Å². The monoisotopic (exact) mass is 288 g/mol. The number of hydrogen-bond donors (Lipinski definition) is 1.